The molecule has 0 radical (unpaired) electrons. The van der Waals surface area contributed by atoms with Crippen molar-refractivity contribution < 1.29 is 19.2 Å². The Hall–Kier alpha value is -3.10. The predicted molar refractivity (Wildman–Crippen MR) is 94.5 cm³/mol. The van der Waals surface area contributed by atoms with Gasteiger partial charge in [0.05, 0.1) is 25.2 Å². The Bertz CT molecular complexity index is 831. The fourth-order valence-corrected chi connectivity index (χ4v) is 2.78. The average molecular weight is 362 g/mol. The van der Waals surface area contributed by atoms with Gasteiger partial charge in [-0.05, 0) is 39.0 Å². The van der Waals surface area contributed by atoms with Crippen LogP contribution in [0.2, 0.25) is 0 Å². The molecular formula is C17H22N4O5. The lowest BCUT2D eigenvalue weighted by Gasteiger charge is -2.18. The second kappa shape index (κ2) is 7.85. The number of benzene rings is 1. The van der Waals surface area contributed by atoms with Crippen molar-refractivity contribution in [3.05, 3.63) is 45.3 Å². The van der Waals surface area contributed by atoms with Crippen molar-refractivity contribution in [3.8, 4) is 11.5 Å². The number of ether oxygens (including phenoxy) is 2. The van der Waals surface area contributed by atoms with Gasteiger partial charge >= 0.3 is 5.69 Å². The van der Waals surface area contributed by atoms with Crippen molar-refractivity contribution in [2.45, 2.75) is 33.4 Å². The molecule has 1 amide bonds. The molecule has 0 bridgehead atoms. The van der Waals surface area contributed by atoms with Crippen molar-refractivity contribution >= 4 is 11.6 Å². The molecule has 0 aliphatic carbocycles. The van der Waals surface area contributed by atoms with Crippen molar-refractivity contribution in [3.63, 3.8) is 0 Å². The highest BCUT2D eigenvalue weighted by atomic mass is 16.6. The number of carbonyl (C=O) groups is 1. The van der Waals surface area contributed by atoms with Crippen LogP contribution in [0.1, 0.15) is 29.9 Å². The second-order valence-electron chi connectivity index (χ2n) is 5.83. The third kappa shape index (κ3) is 3.93. The molecule has 1 aromatic carbocycles. The van der Waals surface area contributed by atoms with E-state index < -0.39 is 4.92 Å². The number of aryl methyl sites for hydroxylation is 1. The van der Waals surface area contributed by atoms with Gasteiger partial charge < -0.3 is 14.8 Å². The Morgan fingerprint density at radius 3 is 2.58 bits per heavy atom. The van der Waals surface area contributed by atoms with Gasteiger partial charge in [-0.2, -0.15) is 5.10 Å². The second-order valence-corrected chi connectivity index (χ2v) is 5.83. The highest BCUT2D eigenvalue weighted by Gasteiger charge is 2.23. The number of rotatable bonds is 7. The quantitative estimate of drug-likeness (QED) is 0.598. The number of carbonyl (C=O) groups excluding carboxylic acids is 1. The van der Waals surface area contributed by atoms with E-state index in [0.717, 1.165) is 5.56 Å². The van der Waals surface area contributed by atoms with Gasteiger partial charge in [-0.1, -0.05) is 0 Å². The average Bonchev–Trinajstić information content (AvgIpc) is 2.87. The van der Waals surface area contributed by atoms with Crippen LogP contribution < -0.4 is 14.8 Å². The van der Waals surface area contributed by atoms with E-state index in [0.29, 0.717) is 17.2 Å². The summed E-state index contributed by atoms with van der Waals surface area (Å²) in [5.74, 6) is 0.958. The number of hydrogen-bond donors (Lipinski definition) is 1. The summed E-state index contributed by atoms with van der Waals surface area (Å²) >= 11 is 0. The Morgan fingerprint density at radius 1 is 1.35 bits per heavy atom. The summed E-state index contributed by atoms with van der Waals surface area (Å²) < 4.78 is 11.9. The smallest absolute Gasteiger partial charge is 0.312 e. The third-order valence-corrected chi connectivity index (χ3v) is 4.10. The van der Waals surface area contributed by atoms with E-state index >= 15 is 0 Å². The van der Waals surface area contributed by atoms with E-state index in [9.17, 15) is 14.9 Å². The molecule has 0 spiro atoms. The lowest BCUT2D eigenvalue weighted by Crippen LogP contribution is -2.31. The Balaban J connectivity index is 2.16. The molecule has 0 fully saturated rings. The SMILES string of the molecule is COc1ccc(OC)c(C(C)NC(=O)Cn2nc(C)c([N+](=O)[O-])c2C)c1. The van der Waals surface area contributed by atoms with Gasteiger partial charge in [-0.15, -0.1) is 0 Å². The van der Waals surface area contributed by atoms with Gasteiger partial charge in [0.1, 0.15) is 29.4 Å². The zero-order valence-electron chi connectivity index (χ0n) is 15.4. The molecule has 0 saturated heterocycles. The first kappa shape index (κ1) is 19.2. The molecule has 140 valence electrons. The van der Waals surface area contributed by atoms with E-state index in [1.807, 2.05) is 6.92 Å². The van der Waals surface area contributed by atoms with Gasteiger partial charge in [0.15, 0.2) is 0 Å². The largest absolute Gasteiger partial charge is 0.497 e. The normalized spacial score (nSPS) is 11.7. The monoisotopic (exact) mass is 362 g/mol. The molecule has 26 heavy (non-hydrogen) atoms. The van der Waals surface area contributed by atoms with Gasteiger partial charge in [0, 0.05) is 5.56 Å². The van der Waals surface area contributed by atoms with Crippen LogP contribution in [-0.4, -0.2) is 34.8 Å². The van der Waals surface area contributed by atoms with E-state index in [1.54, 1.807) is 46.3 Å². The highest BCUT2D eigenvalue weighted by molar-refractivity contribution is 5.76. The number of aromatic nitrogens is 2. The van der Waals surface area contributed by atoms with Crippen LogP contribution in [0.25, 0.3) is 0 Å². The number of nitro groups is 1. The first-order chi connectivity index (χ1) is 12.3. The summed E-state index contributed by atoms with van der Waals surface area (Å²) in [5.41, 5.74) is 1.32. The molecule has 0 saturated carbocycles. The van der Waals surface area contributed by atoms with Crippen LogP contribution >= 0.6 is 0 Å². The van der Waals surface area contributed by atoms with Crippen molar-refractivity contribution in [2.75, 3.05) is 14.2 Å². The Labute approximate surface area is 151 Å². The molecule has 9 nitrogen and oxygen atoms in total. The molecule has 2 rings (SSSR count). The number of nitrogens with one attached hydrogen (secondary N) is 1. The Morgan fingerprint density at radius 2 is 2.04 bits per heavy atom. The standard InChI is InChI=1S/C17H22N4O5/c1-10(14-8-13(25-4)6-7-15(14)26-5)18-16(22)9-20-12(3)17(21(23)24)11(2)19-20/h6-8,10H,9H2,1-5H3,(H,18,22). The molecular weight excluding hydrogens is 340 g/mol. The molecule has 1 atom stereocenters. The fourth-order valence-electron chi connectivity index (χ4n) is 2.78. The number of nitrogens with zero attached hydrogens (tertiary/aromatic N) is 3. The van der Waals surface area contributed by atoms with Crippen molar-refractivity contribution in [1.29, 1.82) is 0 Å². The summed E-state index contributed by atoms with van der Waals surface area (Å²) in [4.78, 5) is 23.0. The zero-order valence-corrected chi connectivity index (χ0v) is 15.4. The molecule has 0 aliphatic rings. The van der Waals surface area contributed by atoms with Crippen LogP contribution in [0, 0.1) is 24.0 Å². The number of methoxy groups -OCH3 is 2. The topological polar surface area (TPSA) is 109 Å². The fraction of sp³-hybridized carbons (Fsp3) is 0.412. The summed E-state index contributed by atoms with van der Waals surface area (Å²) in [7, 11) is 3.11. The summed E-state index contributed by atoms with van der Waals surface area (Å²) in [6, 6.07) is 4.98. The minimum absolute atomic E-state index is 0.0692. The third-order valence-electron chi connectivity index (χ3n) is 4.10. The van der Waals surface area contributed by atoms with E-state index in [4.69, 9.17) is 9.47 Å². The van der Waals surface area contributed by atoms with Gasteiger partial charge in [-0.25, -0.2) is 0 Å². The maximum atomic E-state index is 12.4. The first-order valence-electron chi connectivity index (χ1n) is 7.98. The van der Waals surface area contributed by atoms with Crippen LogP contribution in [0.4, 0.5) is 5.69 Å². The van der Waals surface area contributed by atoms with E-state index in [1.165, 1.54) is 4.68 Å². The molecule has 2 aromatic rings. The van der Waals surface area contributed by atoms with Gasteiger partial charge in [0.25, 0.3) is 0 Å². The maximum Gasteiger partial charge on any atom is 0.312 e. The molecule has 1 aromatic heterocycles. The Kier molecular flexibility index (Phi) is 5.81. The summed E-state index contributed by atoms with van der Waals surface area (Å²) in [5, 5.41) is 18.0. The van der Waals surface area contributed by atoms with Crippen LogP contribution in [0.3, 0.4) is 0 Å². The van der Waals surface area contributed by atoms with Crippen LogP contribution in [-0.2, 0) is 11.3 Å². The summed E-state index contributed by atoms with van der Waals surface area (Å²) in [6.07, 6.45) is 0. The minimum Gasteiger partial charge on any atom is -0.497 e. The lowest BCUT2D eigenvalue weighted by atomic mass is 10.1. The molecule has 1 heterocycles. The van der Waals surface area contributed by atoms with Crippen molar-refractivity contribution in [2.24, 2.45) is 0 Å². The summed E-state index contributed by atoms with van der Waals surface area (Å²) in [6.45, 7) is 4.82. The van der Waals surface area contributed by atoms with Gasteiger partial charge in [-0.3, -0.25) is 19.6 Å². The van der Waals surface area contributed by atoms with E-state index in [-0.39, 0.29) is 29.9 Å². The highest BCUT2D eigenvalue weighted by Crippen LogP contribution is 2.29. The lowest BCUT2D eigenvalue weighted by molar-refractivity contribution is -0.386. The molecule has 1 N–H and O–H groups in total. The number of amides is 1. The van der Waals surface area contributed by atoms with E-state index in [2.05, 4.69) is 10.4 Å². The molecule has 1 unspecified atom stereocenters. The zero-order chi connectivity index (χ0) is 19.4. The predicted octanol–water partition coefficient (Wildman–Crippen LogP) is 2.30. The number of hydrogen-bond acceptors (Lipinski definition) is 6. The van der Waals surface area contributed by atoms with Gasteiger partial charge in [0.2, 0.25) is 5.91 Å². The minimum atomic E-state index is -0.490. The van der Waals surface area contributed by atoms with Crippen molar-refractivity contribution in [1.82, 2.24) is 15.1 Å². The first-order valence-corrected chi connectivity index (χ1v) is 7.98. The maximum absolute atomic E-state index is 12.4. The molecule has 0 aliphatic heterocycles. The molecule has 9 heteroatoms. The van der Waals surface area contributed by atoms with Crippen LogP contribution in [0.5, 0.6) is 11.5 Å². The van der Waals surface area contributed by atoms with Crippen LogP contribution in [0.15, 0.2) is 18.2 Å².